The molecule has 0 aliphatic rings. The molecule has 0 saturated heterocycles. The lowest BCUT2D eigenvalue weighted by molar-refractivity contribution is -0.424. The Balaban J connectivity index is 3.40. The summed E-state index contributed by atoms with van der Waals surface area (Å²) in [6.07, 6.45) is -9.64. The second-order valence-electron chi connectivity index (χ2n) is 6.61. The van der Waals surface area contributed by atoms with E-state index in [1.54, 1.807) is 0 Å². The second kappa shape index (κ2) is 8.10. The van der Waals surface area contributed by atoms with E-state index in [0.717, 1.165) is 31.4 Å². The molecule has 0 saturated carbocycles. The third-order valence-corrected chi connectivity index (χ3v) is 4.53. The van der Waals surface area contributed by atoms with Crippen LogP contribution in [0.2, 0.25) is 0 Å². The zero-order chi connectivity index (χ0) is 24.7. The highest BCUT2D eigenvalue weighted by atomic mass is 19.4. The standard InChI is InChI=1S/C17H15F11O3/c1-12(31-3,10-6-4-9(5-7-10)11(29)30-2)8-13(18,19)14(20,21)15(22,23)16(24,25)17(26,27)28/h4-7H,8H2,1-3H3. The normalized spacial score (nSPS) is 16.1. The average Bonchev–Trinajstić information content (AvgIpc) is 2.65. The van der Waals surface area contributed by atoms with Crippen LogP contribution in [0.4, 0.5) is 48.3 Å². The van der Waals surface area contributed by atoms with Crippen molar-refractivity contribution in [3.05, 3.63) is 35.4 Å². The van der Waals surface area contributed by atoms with Crippen molar-refractivity contribution in [3.8, 4) is 0 Å². The molecule has 0 aliphatic carbocycles. The molecule has 0 spiro atoms. The van der Waals surface area contributed by atoms with Gasteiger partial charge in [0.1, 0.15) is 0 Å². The summed E-state index contributed by atoms with van der Waals surface area (Å²) in [5, 5.41) is 0. The van der Waals surface area contributed by atoms with Gasteiger partial charge in [0.25, 0.3) is 0 Å². The average molecular weight is 476 g/mol. The van der Waals surface area contributed by atoms with Crippen molar-refractivity contribution >= 4 is 5.97 Å². The van der Waals surface area contributed by atoms with Gasteiger partial charge in [-0.1, -0.05) is 12.1 Å². The van der Waals surface area contributed by atoms with E-state index in [0.29, 0.717) is 14.0 Å². The SMILES string of the molecule is COC(=O)c1ccc(C(C)(CC(F)(F)C(F)(F)C(F)(F)C(F)(F)C(F)(F)F)OC)cc1. The van der Waals surface area contributed by atoms with E-state index < -0.39 is 53.4 Å². The molecule has 178 valence electrons. The highest BCUT2D eigenvalue weighted by Gasteiger charge is 2.87. The van der Waals surface area contributed by atoms with Gasteiger partial charge in [0, 0.05) is 7.11 Å². The number of esters is 1. The molecule has 0 aliphatic heterocycles. The minimum Gasteiger partial charge on any atom is -0.465 e. The molecule has 14 heteroatoms. The lowest BCUT2D eigenvalue weighted by Crippen LogP contribution is -2.67. The van der Waals surface area contributed by atoms with Crippen molar-refractivity contribution in [2.75, 3.05) is 14.2 Å². The molecular weight excluding hydrogens is 461 g/mol. The monoisotopic (exact) mass is 476 g/mol. The third-order valence-electron chi connectivity index (χ3n) is 4.53. The predicted octanol–water partition coefficient (Wildman–Crippen LogP) is 5.83. The second-order valence-corrected chi connectivity index (χ2v) is 6.61. The first-order valence-corrected chi connectivity index (χ1v) is 8.04. The molecule has 31 heavy (non-hydrogen) atoms. The quantitative estimate of drug-likeness (QED) is 0.350. The first-order chi connectivity index (χ1) is 13.7. The van der Waals surface area contributed by atoms with Crippen LogP contribution in [-0.4, -0.2) is 50.1 Å². The van der Waals surface area contributed by atoms with E-state index in [-0.39, 0.29) is 5.56 Å². The molecule has 0 heterocycles. The fraction of sp³-hybridized carbons (Fsp3) is 0.588. The van der Waals surface area contributed by atoms with E-state index in [2.05, 4.69) is 9.47 Å². The van der Waals surface area contributed by atoms with Crippen LogP contribution in [0.5, 0.6) is 0 Å². The third kappa shape index (κ3) is 4.44. The number of alkyl halides is 11. The minimum absolute atomic E-state index is 0.127. The van der Waals surface area contributed by atoms with Crippen LogP contribution in [0.3, 0.4) is 0 Å². The zero-order valence-electron chi connectivity index (χ0n) is 15.9. The van der Waals surface area contributed by atoms with Gasteiger partial charge in [0.2, 0.25) is 0 Å². The van der Waals surface area contributed by atoms with Gasteiger partial charge in [-0.05, 0) is 24.6 Å². The van der Waals surface area contributed by atoms with Gasteiger partial charge < -0.3 is 9.47 Å². The smallest absolute Gasteiger partial charge is 0.460 e. The van der Waals surface area contributed by atoms with Gasteiger partial charge in [-0.2, -0.15) is 48.3 Å². The Morgan fingerprint density at radius 2 is 1.23 bits per heavy atom. The van der Waals surface area contributed by atoms with Crippen molar-refractivity contribution in [2.45, 2.75) is 48.8 Å². The van der Waals surface area contributed by atoms with E-state index in [9.17, 15) is 53.1 Å². The van der Waals surface area contributed by atoms with Crippen LogP contribution in [0.1, 0.15) is 29.3 Å². The Kier molecular flexibility index (Phi) is 7.03. The maximum Gasteiger partial charge on any atom is 0.460 e. The van der Waals surface area contributed by atoms with Gasteiger partial charge in [0.05, 0.1) is 24.7 Å². The first-order valence-electron chi connectivity index (χ1n) is 8.04. The molecule has 1 rings (SSSR count). The number of hydrogen-bond donors (Lipinski definition) is 0. The topological polar surface area (TPSA) is 35.5 Å². The highest BCUT2D eigenvalue weighted by Crippen LogP contribution is 2.59. The van der Waals surface area contributed by atoms with Crippen LogP contribution >= 0.6 is 0 Å². The Hall–Kier alpha value is -2.12. The summed E-state index contributed by atoms with van der Waals surface area (Å²) in [6.45, 7) is 0.685. The largest absolute Gasteiger partial charge is 0.465 e. The number of hydrogen-bond acceptors (Lipinski definition) is 3. The summed E-state index contributed by atoms with van der Waals surface area (Å²) in [5.74, 6) is -29.1. The fourth-order valence-electron chi connectivity index (χ4n) is 2.51. The van der Waals surface area contributed by atoms with Gasteiger partial charge in [-0.3, -0.25) is 0 Å². The molecule has 0 amide bonds. The highest BCUT2D eigenvalue weighted by molar-refractivity contribution is 5.89. The maximum atomic E-state index is 14.2. The number of carbonyl (C=O) groups excluding carboxylic acids is 1. The molecule has 1 aromatic rings. The summed E-state index contributed by atoms with van der Waals surface area (Å²) < 4.78 is 154. The molecule has 0 aromatic heterocycles. The molecular formula is C17H15F11O3. The molecule has 0 fully saturated rings. The number of methoxy groups -OCH3 is 2. The first kappa shape index (κ1) is 26.9. The Morgan fingerprint density at radius 3 is 1.58 bits per heavy atom. The number of benzene rings is 1. The van der Waals surface area contributed by atoms with Crippen molar-refractivity contribution in [3.63, 3.8) is 0 Å². The zero-order valence-corrected chi connectivity index (χ0v) is 15.9. The van der Waals surface area contributed by atoms with E-state index in [4.69, 9.17) is 0 Å². The van der Waals surface area contributed by atoms with Crippen LogP contribution in [0.25, 0.3) is 0 Å². The molecule has 0 N–H and O–H groups in total. The number of carbonyl (C=O) groups is 1. The molecule has 1 atom stereocenters. The van der Waals surface area contributed by atoms with Crippen LogP contribution in [-0.2, 0) is 15.1 Å². The lowest BCUT2D eigenvalue weighted by atomic mass is 9.84. The maximum absolute atomic E-state index is 14.2. The molecule has 0 radical (unpaired) electrons. The van der Waals surface area contributed by atoms with E-state index >= 15 is 0 Å². The van der Waals surface area contributed by atoms with E-state index in [1.807, 2.05) is 0 Å². The molecule has 3 nitrogen and oxygen atoms in total. The van der Waals surface area contributed by atoms with Crippen molar-refractivity contribution in [2.24, 2.45) is 0 Å². The Labute approximate surface area is 168 Å². The van der Waals surface area contributed by atoms with Crippen LogP contribution in [0, 0.1) is 0 Å². The van der Waals surface area contributed by atoms with Crippen molar-refractivity contribution in [1.82, 2.24) is 0 Å². The number of ether oxygens (including phenoxy) is 2. The van der Waals surface area contributed by atoms with E-state index in [1.165, 1.54) is 0 Å². The summed E-state index contributed by atoms with van der Waals surface area (Å²) >= 11 is 0. The predicted molar refractivity (Wildman–Crippen MR) is 82.6 cm³/mol. The van der Waals surface area contributed by atoms with Gasteiger partial charge in [-0.15, -0.1) is 0 Å². The molecule has 0 bridgehead atoms. The molecule has 1 aromatic carbocycles. The number of rotatable bonds is 8. The van der Waals surface area contributed by atoms with Gasteiger partial charge >= 0.3 is 35.8 Å². The summed E-state index contributed by atoms with van der Waals surface area (Å²) in [5.41, 5.74) is -3.09. The Morgan fingerprint density at radius 1 is 0.774 bits per heavy atom. The number of halogens is 11. The van der Waals surface area contributed by atoms with Gasteiger partial charge in [0.15, 0.2) is 0 Å². The van der Waals surface area contributed by atoms with Crippen molar-refractivity contribution < 1.29 is 62.6 Å². The summed E-state index contributed by atoms with van der Waals surface area (Å²) in [4.78, 5) is 11.4. The lowest BCUT2D eigenvalue weighted by Gasteiger charge is -2.40. The van der Waals surface area contributed by atoms with Gasteiger partial charge in [-0.25, -0.2) is 4.79 Å². The minimum atomic E-state index is -7.49. The Bertz CT molecular complexity index is 788. The summed E-state index contributed by atoms with van der Waals surface area (Å²) in [7, 11) is 1.69. The summed E-state index contributed by atoms with van der Waals surface area (Å²) in [6, 6.07) is 3.74. The molecule has 1 unspecified atom stereocenters. The fourth-order valence-corrected chi connectivity index (χ4v) is 2.51. The van der Waals surface area contributed by atoms with Crippen LogP contribution < -0.4 is 0 Å². The van der Waals surface area contributed by atoms with Crippen LogP contribution in [0.15, 0.2) is 24.3 Å². The van der Waals surface area contributed by atoms with Crippen molar-refractivity contribution in [1.29, 1.82) is 0 Å².